The van der Waals surface area contributed by atoms with Crippen LogP contribution in [0.25, 0.3) is 0 Å². The van der Waals surface area contributed by atoms with Gasteiger partial charge in [0, 0.05) is 14.2 Å². The maximum absolute atomic E-state index is 5.03. The second kappa shape index (κ2) is 7.74. The fraction of sp³-hybridized carbons (Fsp3) is 0.667. The van der Waals surface area contributed by atoms with Crippen molar-refractivity contribution >= 4 is 9.53 Å². The molecule has 1 radical (unpaired) electrons. The number of hydrogen-bond donors (Lipinski definition) is 0. The van der Waals surface area contributed by atoms with E-state index in [9.17, 15) is 0 Å². The third-order valence-corrected chi connectivity index (χ3v) is 1.83. The first-order chi connectivity index (χ1) is 5.35. The molecule has 65 valence electrons. The molecule has 0 aliphatic rings. The van der Waals surface area contributed by atoms with Crippen LogP contribution in [0.15, 0.2) is 12.3 Å². The van der Waals surface area contributed by atoms with E-state index in [1.54, 1.807) is 12.3 Å². The Balaban J connectivity index is 3.21. The largest absolute Gasteiger partial charge is 0.579 e. The second-order valence-electron chi connectivity index (χ2n) is 1.56. The van der Waals surface area contributed by atoms with Gasteiger partial charge < -0.3 is 18.0 Å². The maximum atomic E-state index is 5.03. The molecule has 0 spiro atoms. The number of rotatable bonds is 6. The monoisotopic (exact) mass is 177 g/mol. The summed E-state index contributed by atoms with van der Waals surface area (Å²) in [6.45, 7) is 2.03. The Bertz CT molecular complexity index is 103. The van der Waals surface area contributed by atoms with E-state index in [0.29, 0.717) is 0 Å². The Labute approximate surface area is 68.7 Å². The molecule has 0 aliphatic carbocycles. The van der Waals surface area contributed by atoms with E-state index >= 15 is 0 Å². The van der Waals surface area contributed by atoms with Gasteiger partial charge in [0.2, 0.25) is 0 Å². The zero-order valence-electron chi connectivity index (χ0n) is 6.99. The highest BCUT2D eigenvalue weighted by Gasteiger charge is 2.13. The molecule has 5 heteroatoms. The van der Waals surface area contributed by atoms with Gasteiger partial charge in [-0.2, -0.15) is 0 Å². The Morgan fingerprint density at radius 3 is 2.36 bits per heavy atom. The Morgan fingerprint density at radius 2 is 1.91 bits per heavy atom. The van der Waals surface area contributed by atoms with Gasteiger partial charge in [0.15, 0.2) is 6.79 Å². The van der Waals surface area contributed by atoms with Gasteiger partial charge in [-0.15, -0.1) is 0 Å². The van der Waals surface area contributed by atoms with Crippen LogP contribution in [0.5, 0.6) is 0 Å². The molecule has 0 bridgehead atoms. The minimum absolute atomic E-state index is 0.167. The highest BCUT2D eigenvalue weighted by Crippen LogP contribution is 1.88. The molecule has 0 aromatic carbocycles. The minimum atomic E-state index is -1.56. The lowest BCUT2D eigenvalue weighted by Crippen LogP contribution is -2.24. The molecule has 0 atom stereocenters. The molecule has 0 rings (SSSR count). The first-order valence-electron chi connectivity index (χ1n) is 3.15. The van der Waals surface area contributed by atoms with Crippen molar-refractivity contribution in [3.05, 3.63) is 12.3 Å². The Kier molecular flexibility index (Phi) is 7.49. The molecule has 0 heterocycles. The summed E-state index contributed by atoms with van der Waals surface area (Å²) < 4.78 is 19.6. The van der Waals surface area contributed by atoms with E-state index in [4.69, 9.17) is 18.0 Å². The van der Waals surface area contributed by atoms with Gasteiger partial charge in [-0.1, -0.05) is 6.08 Å². The maximum Gasteiger partial charge on any atom is 0.579 e. The van der Waals surface area contributed by atoms with Gasteiger partial charge in [-0.25, -0.2) is 0 Å². The molecule has 0 fully saturated rings. The minimum Gasteiger partial charge on any atom is -0.476 e. The summed E-state index contributed by atoms with van der Waals surface area (Å²) in [5.41, 5.74) is 0. The predicted octanol–water partition coefficient (Wildman–Crippen LogP) is 0.788. The highest BCUT2D eigenvalue weighted by molar-refractivity contribution is 6.36. The lowest BCUT2D eigenvalue weighted by atomic mass is 10.7. The topological polar surface area (TPSA) is 36.9 Å². The van der Waals surface area contributed by atoms with Crippen molar-refractivity contribution in [2.75, 3.05) is 21.0 Å². The van der Waals surface area contributed by atoms with Crippen LogP contribution in [0.3, 0.4) is 0 Å². The van der Waals surface area contributed by atoms with Crippen LogP contribution >= 0.6 is 0 Å². The smallest absolute Gasteiger partial charge is 0.476 e. The van der Waals surface area contributed by atoms with Crippen LogP contribution in [0.2, 0.25) is 0 Å². The fourth-order valence-corrected chi connectivity index (χ4v) is 0.985. The second-order valence-corrected chi connectivity index (χ2v) is 3.16. The van der Waals surface area contributed by atoms with Crippen LogP contribution in [0.1, 0.15) is 6.92 Å². The van der Waals surface area contributed by atoms with E-state index in [1.807, 2.05) is 6.92 Å². The van der Waals surface area contributed by atoms with E-state index in [1.165, 1.54) is 14.2 Å². The molecule has 0 saturated heterocycles. The Morgan fingerprint density at radius 1 is 1.27 bits per heavy atom. The molecule has 0 saturated carbocycles. The zero-order valence-corrected chi connectivity index (χ0v) is 7.99. The van der Waals surface area contributed by atoms with Gasteiger partial charge in [0.25, 0.3) is 0 Å². The SMILES string of the molecule is C/C=C/OCO[Si](OC)OC. The summed E-state index contributed by atoms with van der Waals surface area (Å²) in [5, 5.41) is 0. The van der Waals surface area contributed by atoms with Crippen molar-refractivity contribution in [2.24, 2.45) is 0 Å². The van der Waals surface area contributed by atoms with Gasteiger partial charge >= 0.3 is 9.53 Å². The first-order valence-corrected chi connectivity index (χ1v) is 4.38. The molecule has 0 unspecified atom stereocenters. The summed E-state index contributed by atoms with van der Waals surface area (Å²) in [5.74, 6) is 0. The summed E-state index contributed by atoms with van der Waals surface area (Å²) in [6, 6.07) is 0. The van der Waals surface area contributed by atoms with Crippen LogP contribution < -0.4 is 0 Å². The molecule has 0 amide bonds. The van der Waals surface area contributed by atoms with E-state index < -0.39 is 9.53 Å². The fourth-order valence-electron chi connectivity index (χ4n) is 0.419. The van der Waals surface area contributed by atoms with Crippen LogP contribution in [0, 0.1) is 0 Å². The van der Waals surface area contributed by atoms with Crippen molar-refractivity contribution in [3.8, 4) is 0 Å². The standard InChI is InChI=1S/C6H13O4Si/c1-4-5-9-6-10-11(7-2)8-3/h4-5H,6H2,1-3H3/b5-4+. The van der Waals surface area contributed by atoms with Crippen molar-refractivity contribution in [1.82, 2.24) is 0 Å². The lowest BCUT2D eigenvalue weighted by Gasteiger charge is -2.08. The third-order valence-electron chi connectivity index (χ3n) is 0.810. The van der Waals surface area contributed by atoms with Gasteiger partial charge in [0.05, 0.1) is 6.26 Å². The third kappa shape index (κ3) is 6.05. The summed E-state index contributed by atoms with van der Waals surface area (Å²) in [7, 11) is 1.51. The van der Waals surface area contributed by atoms with E-state index in [-0.39, 0.29) is 6.79 Å². The van der Waals surface area contributed by atoms with Crippen molar-refractivity contribution in [2.45, 2.75) is 6.92 Å². The van der Waals surface area contributed by atoms with Crippen LogP contribution in [0.4, 0.5) is 0 Å². The number of hydrogen-bond acceptors (Lipinski definition) is 4. The van der Waals surface area contributed by atoms with Gasteiger partial charge in [-0.3, -0.25) is 0 Å². The van der Waals surface area contributed by atoms with E-state index in [2.05, 4.69) is 0 Å². The molecular formula is C6H13O4Si. The summed E-state index contributed by atoms with van der Waals surface area (Å²) in [4.78, 5) is 0. The average molecular weight is 177 g/mol. The van der Waals surface area contributed by atoms with Crippen LogP contribution in [-0.4, -0.2) is 30.5 Å². The molecule has 11 heavy (non-hydrogen) atoms. The van der Waals surface area contributed by atoms with Crippen molar-refractivity contribution < 1.29 is 18.0 Å². The summed E-state index contributed by atoms with van der Waals surface area (Å²) >= 11 is 0. The number of ether oxygens (including phenoxy) is 1. The Hall–Kier alpha value is -0.363. The molecule has 4 nitrogen and oxygen atoms in total. The normalized spacial score (nSPS) is 11.3. The van der Waals surface area contributed by atoms with Crippen LogP contribution in [-0.2, 0) is 18.0 Å². The molecule has 0 aromatic heterocycles. The van der Waals surface area contributed by atoms with Crippen molar-refractivity contribution in [3.63, 3.8) is 0 Å². The highest BCUT2D eigenvalue weighted by atomic mass is 28.3. The number of allylic oxidation sites excluding steroid dienone is 1. The van der Waals surface area contributed by atoms with Gasteiger partial charge in [0.1, 0.15) is 0 Å². The molecule has 0 aliphatic heterocycles. The lowest BCUT2D eigenvalue weighted by molar-refractivity contribution is 0.0261. The van der Waals surface area contributed by atoms with Crippen molar-refractivity contribution in [1.29, 1.82) is 0 Å². The first kappa shape index (κ1) is 10.6. The average Bonchev–Trinajstić information content (AvgIpc) is 2.05. The van der Waals surface area contributed by atoms with Gasteiger partial charge in [-0.05, 0) is 6.92 Å². The molecule has 0 N–H and O–H groups in total. The quantitative estimate of drug-likeness (QED) is 0.260. The zero-order chi connectivity index (χ0) is 8.53. The van der Waals surface area contributed by atoms with E-state index in [0.717, 1.165) is 0 Å². The predicted molar refractivity (Wildman–Crippen MR) is 41.6 cm³/mol. The molecular weight excluding hydrogens is 164 g/mol. The summed E-state index contributed by atoms with van der Waals surface area (Å²) in [6.07, 6.45) is 3.32. The molecule has 0 aromatic rings.